The average molecular weight is 407 g/mol. The van der Waals surface area contributed by atoms with E-state index in [1.54, 1.807) is 0 Å². The van der Waals surface area contributed by atoms with Crippen LogP contribution >= 0.6 is 0 Å². The number of piperidine rings is 1. The van der Waals surface area contributed by atoms with E-state index in [1.807, 2.05) is 31.2 Å². The Morgan fingerprint density at radius 2 is 2.04 bits per heavy atom. The summed E-state index contributed by atoms with van der Waals surface area (Å²) < 4.78 is 32.3. The summed E-state index contributed by atoms with van der Waals surface area (Å²) in [5, 5.41) is 6.71. The van der Waals surface area contributed by atoms with Gasteiger partial charge in [0.1, 0.15) is 0 Å². The zero-order valence-electron chi connectivity index (χ0n) is 16.3. The van der Waals surface area contributed by atoms with Crippen molar-refractivity contribution in [2.45, 2.75) is 26.3 Å². The summed E-state index contributed by atoms with van der Waals surface area (Å²) in [7, 11) is -0.545. The third-order valence-electron chi connectivity index (χ3n) is 4.73. The fourth-order valence-corrected chi connectivity index (χ4v) is 4.24. The molecule has 28 heavy (non-hydrogen) atoms. The van der Waals surface area contributed by atoms with Gasteiger partial charge in [-0.1, -0.05) is 35.0 Å². The van der Waals surface area contributed by atoms with Crippen molar-refractivity contribution in [2.75, 3.05) is 27.2 Å². The van der Waals surface area contributed by atoms with E-state index >= 15 is 0 Å². The standard InChI is InChI=1S/C18H25N5O4S/c1-13-6-8-14(9-7-13)17-20-16(27-21-17)11-19-18(24)15-5-4-10-23(12-15)28(25,26)22(2)3/h6-9,15H,4-5,10-12H2,1-3H3,(H,19,24)/t15-/m0/s1. The maximum atomic E-state index is 12.5. The van der Waals surface area contributed by atoms with E-state index < -0.39 is 16.1 Å². The molecule has 0 bridgehead atoms. The minimum atomic E-state index is -3.52. The summed E-state index contributed by atoms with van der Waals surface area (Å²) in [6.45, 7) is 2.70. The lowest BCUT2D eigenvalue weighted by Gasteiger charge is -2.32. The van der Waals surface area contributed by atoms with Crippen LogP contribution in [0.3, 0.4) is 0 Å². The lowest BCUT2D eigenvalue weighted by atomic mass is 9.99. The molecule has 1 aliphatic rings. The Hall–Kier alpha value is -2.30. The van der Waals surface area contributed by atoms with Gasteiger partial charge in [-0.3, -0.25) is 4.79 Å². The van der Waals surface area contributed by atoms with E-state index in [-0.39, 0.29) is 19.0 Å². The monoisotopic (exact) mass is 407 g/mol. The second-order valence-corrected chi connectivity index (χ2v) is 9.23. The van der Waals surface area contributed by atoms with Crippen molar-refractivity contribution in [2.24, 2.45) is 5.92 Å². The highest BCUT2D eigenvalue weighted by Crippen LogP contribution is 2.21. The first-order valence-corrected chi connectivity index (χ1v) is 10.5. The summed E-state index contributed by atoms with van der Waals surface area (Å²) in [6, 6.07) is 7.74. The summed E-state index contributed by atoms with van der Waals surface area (Å²) >= 11 is 0. The van der Waals surface area contributed by atoms with Crippen molar-refractivity contribution >= 4 is 16.1 Å². The second-order valence-electron chi connectivity index (χ2n) is 7.08. The predicted molar refractivity (Wildman–Crippen MR) is 103 cm³/mol. The Labute approximate surface area is 164 Å². The number of hydrogen-bond acceptors (Lipinski definition) is 6. The minimum Gasteiger partial charge on any atom is -0.347 e. The van der Waals surface area contributed by atoms with Gasteiger partial charge in [0.2, 0.25) is 17.6 Å². The van der Waals surface area contributed by atoms with Crippen LogP contribution < -0.4 is 5.32 Å². The Morgan fingerprint density at radius 3 is 2.71 bits per heavy atom. The first-order valence-electron chi connectivity index (χ1n) is 9.12. The average Bonchev–Trinajstić information content (AvgIpc) is 3.15. The van der Waals surface area contributed by atoms with Crippen molar-refractivity contribution in [3.8, 4) is 11.4 Å². The van der Waals surface area contributed by atoms with Gasteiger partial charge in [-0.05, 0) is 19.8 Å². The molecule has 0 unspecified atom stereocenters. The van der Waals surface area contributed by atoms with E-state index in [4.69, 9.17) is 4.52 Å². The topological polar surface area (TPSA) is 109 Å². The zero-order valence-corrected chi connectivity index (χ0v) is 17.1. The van der Waals surface area contributed by atoms with Crippen LogP contribution in [0, 0.1) is 12.8 Å². The molecule has 1 aromatic carbocycles. The van der Waals surface area contributed by atoms with Gasteiger partial charge in [-0.2, -0.15) is 22.0 Å². The summed E-state index contributed by atoms with van der Waals surface area (Å²) in [5.41, 5.74) is 1.97. The van der Waals surface area contributed by atoms with Crippen LogP contribution in [-0.2, 0) is 21.5 Å². The quantitative estimate of drug-likeness (QED) is 0.770. The van der Waals surface area contributed by atoms with E-state index in [0.29, 0.717) is 31.1 Å². The number of benzene rings is 1. The van der Waals surface area contributed by atoms with Crippen molar-refractivity contribution in [3.05, 3.63) is 35.7 Å². The first kappa shape index (κ1) is 20.4. The van der Waals surface area contributed by atoms with Gasteiger partial charge in [0.05, 0.1) is 12.5 Å². The van der Waals surface area contributed by atoms with Crippen molar-refractivity contribution in [3.63, 3.8) is 0 Å². The molecule has 0 aliphatic carbocycles. The molecule has 152 valence electrons. The molecule has 1 atom stereocenters. The highest BCUT2D eigenvalue weighted by atomic mass is 32.2. The van der Waals surface area contributed by atoms with Crippen molar-refractivity contribution < 1.29 is 17.7 Å². The van der Waals surface area contributed by atoms with Crippen molar-refractivity contribution in [1.82, 2.24) is 24.1 Å². The van der Waals surface area contributed by atoms with Gasteiger partial charge < -0.3 is 9.84 Å². The molecule has 1 amide bonds. The molecule has 0 spiro atoms. The highest BCUT2D eigenvalue weighted by molar-refractivity contribution is 7.86. The Balaban J connectivity index is 1.58. The van der Waals surface area contributed by atoms with Gasteiger partial charge in [0.15, 0.2) is 0 Å². The first-order chi connectivity index (χ1) is 13.3. The summed E-state index contributed by atoms with van der Waals surface area (Å²) in [5.74, 6) is 0.152. The van der Waals surface area contributed by atoms with Crippen LogP contribution in [0.5, 0.6) is 0 Å². The molecular formula is C18H25N5O4S. The number of nitrogens with one attached hydrogen (secondary N) is 1. The lowest BCUT2D eigenvalue weighted by Crippen LogP contribution is -2.48. The highest BCUT2D eigenvalue weighted by Gasteiger charge is 2.33. The van der Waals surface area contributed by atoms with Gasteiger partial charge in [-0.15, -0.1) is 0 Å². The number of nitrogens with zero attached hydrogens (tertiary/aromatic N) is 4. The van der Waals surface area contributed by atoms with Crippen LogP contribution in [0.1, 0.15) is 24.3 Å². The molecule has 1 fully saturated rings. The number of amides is 1. The third kappa shape index (κ3) is 4.57. The van der Waals surface area contributed by atoms with E-state index in [2.05, 4.69) is 15.5 Å². The number of aromatic nitrogens is 2. The fourth-order valence-electron chi connectivity index (χ4n) is 3.05. The molecule has 0 radical (unpaired) electrons. The molecule has 10 heteroatoms. The van der Waals surface area contributed by atoms with E-state index in [0.717, 1.165) is 11.1 Å². The minimum absolute atomic E-state index is 0.106. The van der Waals surface area contributed by atoms with Crippen LogP contribution in [-0.4, -0.2) is 60.3 Å². The summed E-state index contributed by atoms with van der Waals surface area (Å²) in [6.07, 6.45) is 1.28. The number of carbonyl (C=O) groups is 1. The van der Waals surface area contributed by atoms with Crippen LogP contribution in [0.2, 0.25) is 0 Å². The Morgan fingerprint density at radius 1 is 1.32 bits per heavy atom. The molecular weight excluding hydrogens is 382 g/mol. The van der Waals surface area contributed by atoms with Gasteiger partial charge in [0, 0.05) is 32.7 Å². The number of rotatable bonds is 6. The number of hydrogen-bond donors (Lipinski definition) is 1. The van der Waals surface area contributed by atoms with Crippen molar-refractivity contribution in [1.29, 1.82) is 0 Å². The molecule has 1 aromatic heterocycles. The van der Waals surface area contributed by atoms with Gasteiger partial charge in [0.25, 0.3) is 10.2 Å². The largest absolute Gasteiger partial charge is 0.347 e. The van der Waals surface area contributed by atoms with E-state index in [1.165, 1.54) is 22.7 Å². The van der Waals surface area contributed by atoms with Crippen LogP contribution in [0.15, 0.2) is 28.8 Å². The zero-order chi connectivity index (χ0) is 20.3. The SMILES string of the molecule is Cc1ccc(-c2noc(CNC(=O)[C@H]3CCCN(S(=O)(=O)N(C)C)C3)n2)cc1. The Bertz CT molecular complexity index is 924. The van der Waals surface area contributed by atoms with Gasteiger partial charge >= 0.3 is 0 Å². The third-order valence-corrected chi connectivity index (χ3v) is 6.64. The maximum Gasteiger partial charge on any atom is 0.281 e. The molecule has 2 aromatic rings. The van der Waals surface area contributed by atoms with E-state index in [9.17, 15) is 13.2 Å². The molecule has 1 aliphatic heterocycles. The smallest absolute Gasteiger partial charge is 0.281 e. The maximum absolute atomic E-state index is 12.5. The van der Waals surface area contributed by atoms with Gasteiger partial charge in [-0.25, -0.2) is 0 Å². The van der Waals surface area contributed by atoms with Crippen LogP contribution in [0.25, 0.3) is 11.4 Å². The van der Waals surface area contributed by atoms with Crippen LogP contribution in [0.4, 0.5) is 0 Å². The Kier molecular flexibility index (Phi) is 6.11. The number of aryl methyl sites for hydroxylation is 1. The molecule has 0 saturated carbocycles. The lowest BCUT2D eigenvalue weighted by molar-refractivity contribution is -0.126. The fraction of sp³-hybridized carbons (Fsp3) is 0.500. The normalized spacial score (nSPS) is 18.4. The molecule has 3 rings (SSSR count). The molecule has 2 heterocycles. The number of carbonyl (C=O) groups excluding carboxylic acids is 1. The summed E-state index contributed by atoms with van der Waals surface area (Å²) in [4.78, 5) is 16.8. The molecule has 1 N–H and O–H groups in total. The molecule has 9 nitrogen and oxygen atoms in total. The molecule has 1 saturated heterocycles. The second kappa shape index (κ2) is 8.38. The predicted octanol–water partition coefficient (Wildman–Crippen LogP) is 1.18.